The second-order valence-corrected chi connectivity index (χ2v) is 10.3. The number of Topliss-reactive ketones (excluding diaryl/α,β-unsaturated/α-hetero) is 1. The van der Waals surface area contributed by atoms with Crippen molar-refractivity contribution in [1.29, 1.82) is 0 Å². The van der Waals surface area contributed by atoms with Gasteiger partial charge in [0.05, 0.1) is 16.8 Å². The number of carbonyl (C=O) groups excluding carboxylic acids is 1. The van der Waals surface area contributed by atoms with Gasteiger partial charge in [-0.05, 0) is 68.9 Å². The van der Waals surface area contributed by atoms with Gasteiger partial charge in [-0.2, -0.15) is 0 Å². The standard InChI is InChI=1S/C26H24N2O2S2/c1-16-12-13-17(2)20(14-16)21(29)15-31-26-27-24-23(19-10-6-7-11-22(19)32-24)25(30)28(26)18-8-4-3-5-9-18/h3-5,8-9,12-14H,6-7,10-11,15H2,1-2H3. The van der Waals surface area contributed by atoms with E-state index in [0.29, 0.717) is 5.16 Å². The van der Waals surface area contributed by atoms with Crippen LogP contribution in [0.25, 0.3) is 15.9 Å². The molecular formula is C26H24N2O2S2. The maximum Gasteiger partial charge on any atom is 0.267 e. The molecule has 0 aliphatic heterocycles. The number of aryl methyl sites for hydroxylation is 4. The topological polar surface area (TPSA) is 52.0 Å². The van der Waals surface area contributed by atoms with E-state index in [1.165, 1.54) is 28.6 Å². The van der Waals surface area contributed by atoms with Gasteiger partial charge in [-0.25, -0.2) is 4.98 Å². The molecule has 0 saturated carbocycles. The quantitative estimate of drug-likeness (QED) is 0.211. The molecule has 162 valence electrons. The van der Waals surface area contributed by atoms with Gasteiger partial charge in [0.25, 0.3) is 5.56 Å². The van der Waals surface area contributed by atoms with Crippen LogP contribution in [0.15, 0.2) is 58.5 Å². The Bertz CT molecular complexity index is 1390. The summed E-state index contributed by atoms with van der Waals surface area (Å²) in [5, 5.41) is 1.34. The third kappa shape index (κ3) is 3.82. The summed E-state index contributed by atoms with van der Waals surface area (Å²) in [7, 11) is 0. The van der Waals surface area contributed by atoms with Gasteiger partial charge >= 0.3 is 0 Å². The molecule has 0 spiro atoms. The van der Waals surface area contributed by atoms with Crippen molar-refractivity contribution >= 4 is 39.1 Å². The van der Waals surface area contributed by atoms with Crippen molar-refractivity contribution in [3.63, 3.8) is 0 Å². The largest absolute Gasteiger partial charge is 0.293 e. The molecule has 2 aromatic heterocycles. The molecule has 6 heteroatoms. The van der Waals surface area contributed by atoms with Crippen molar-refractivity contribution in [3.05, 3.63) is 86.0 Å². The third-order valence-electron chi connectivity index (χ3n) is 6.00. The molecule has 1 aliphatic rings. The van der Waals surface area contributed by atoms with Crippen molar-refractivity contribution in [2.45, 2.75) is 44.7 Å². The first-order valence-corrected chi connectivity index (χ1v) is 12.7. The highest BCUT2D eigenvalue weighted by atomic mass is 32.2. The minimum atomic E-state index is -0.0257. The van der Waals surface area contributed by atoms with Gasteiger partial charge in [-0.1, -0.05) is 47.7 Å². The van der Waals surface area contributed by atoms with Crippen LogP contribution in [0.1, 0.15) is 44.8 Å². The van der Waals surface area contributed by atoms with Gasteiger partial charge in [-0.3, -0.25) is 14.2 Å². The molecule has 0 atom stereocenters. The van der Waals surface area contributed by atoms with Gasteiger partial charge in [-0.15, -0.1) is 11.3 Å². The highest BCUT2D eigenvalue weighted by Crippen LogP contribution is 2.35. The van der Waals surface area contributed by atoms with Gasteiger partial charge in [0, 0.05) is 10.4 Å². The number of thioether (sulfide) groups is 1. The summed E-state index contributed by atoms with van der Waals surface area (Å²) >= 11 is 2.99. The van der Waals surface area contributed by atoms with Gasteiger partial charge < -0.3 is 0 Å². The Morgan fingerprint density at radius 1 is 1.09 bits per heavy atom. The van der Waals surface area contributed by atoms with Crippen LogP contribution in [-0.4, -0.2) is 21.1 Å². The number of rotatable bonds is 5. The smallest absolute Gasteiger partial charge is 0.267 e. The Kier molecular flexibility index (Phi) is 5.74. The van der Waals surface area contributed by atoms with E-state index in [9.17, 15) is 9.59 Å². The molecule has 5 rings (SSSR count). The summed E-state index contributed by atoms with van der Waals surface area (Å²) < 4.78 is 1.69. The zero-order chi connectivity index (χ0) is 22.2. The van der Waals surface area contributed by atoms with Gasteiger partial charge in [0.2, 0.25) is 0 Å². The fourth-order valence-electron chi connectivity index (χ4n) is 4.33. The van der Waals surface area contributed by atoms with Crippen LogP contribution in [0.5, 0.6) is 0 Å². The predicted octanol–water partition coefficient (Wildman–Crippen LogP) is 5.92. The van der Waals surface area contributed by atoms with Crippen LogP contribution in [0, 0.1) is 13.8 Å². The third-order valence-corrected chi connectivity index (χ3v) is 8.12. The van der Waals surface area contributed by atoms with Crippen molar-refractivity contribution in [2.24, 2.45) is 0 Å². The molecule has 0 radical (unpaired) electrons. The van der Waals surface area contributed by atoms with Crippen LogP contribution in [0.2, 0.25) is 0 Å². The van der Waals surface area contributed by atoms with E-state index < -0.39 is 0 Å². The first kappa shape index (κ1) is 21.2. The summed E-state index contributed by atoms with van der Waals surface area (Å²) in [6.45, 7) is 3.95. The average Bonchev–Trinajstić information content (AvgIpc) is 3.18. The molecule has 0 unspecified atom stereocenters. The summed E-state index contributed by atoms with van der Waals surface area (Å²) in [5.41, 5.74) is 4.71. The molecule has 0 bridgehead atoms. The van der Waals surface area contributed by atoms with Crippen molar-refractivity contribution < 1.29 is 4.79 Å². The van der Waals surface area contributed by atoms with E-state index in [4.69, 9.17) is 4.98 Å². The van der Waals surface area contributed by atoms with E-state index in [0.717, 1.165) is 51.9 Å². The Morgan fingerprint density at radius 3 is 2.69 bits per heavy atom. The minimum absolute atomic E-state index is 0.0257. The molecule has 4 nitrogen and oxygen atoms in total. The number of benzene rings is 2. The second-order valence-electron chi connectivity index (χ2n) is 8.29. The number of ketones is 1. The van der Waals surface area contributed by atoms with Crippen molar-refractivity contribution in [3.8, 4) is 5.69 Å². The van der Waals surface area contributed by atoms with E-state index in [1.807, 2.05) is 62.4 Å². The fourth-order valence-corrected chi connectivity index (χ4v) is 6.53. The zero-order valence-corrected chi connectivity index (χ0v) is 19.8. The number of hydrogen-bond acceptors (Lipinski definition) is 5. The molecule has 0 saturated heterocycles. The van der Waals surface area contributed by atoms with E-state index in [2.05, 4.69) is 0 Å². The van der Waals surface area contributed by atoms with Crippen molar-refractivity contribution in [2.75, 3.05) is 5.75 Å². The lowest BCUT2D eigenvalue weighted by molar-refractivity contribution is 0.102. The lowest BCUT2D eigenvalue weighted by atomic mass is 9.97. The Hall–Kier alpha value is -2.70. The van der Waals surface area contributed by atoms with E-state index >= 15 is 0 Å². The number of para-hydroxylation sites is 1. The number of carbonyl (C=O) groups is 1. The maximum absolute atomic E-state index is 13.7. The van der Waals surface area contributed by atoms with Crippen LogP contribution in [0.4, 0.5) is 0 Å². The highest BCUT2D eigenvalue weighted by molar-refractivity contribution is 7.99. The van der Waals surface area contributed by atoms with Crippen LogP contribution in [-0.2, 0) is 12.8 Å². The van der Waals surface area contributed by atoms with Crippen LogP contribution >= 0.6 is 23.1 Å². The lowest BCUT2D eigenvalue weighted by Crippen LogP contribution is -2.22. The Labute approximate surface area is 195 Å². The van der Waals surface area contributed by atoms with Gasteiger partial charge in [0.15, 0.2) is 10.9 Å². The Balaban J connectivity index is 1.59. The highest BCUT2D eigenvalue weighted by Gasteiger charge is 2.23. The summed E-state index contributed by atoms with van der Waals surface area (Å²) in [4.78, 5) is 33.8. The Morgan fingerprint density at radius 2 is 1.88 bits per heavy atom. The molecule has 2 aromatic carbocycles. The number of nitrogens with zero attached hydrogens (tertiary/aromatic N) is 2. The van der Waals surface area contributed by atoms with Gasteiger partial charge in [0.1, 0.15) is 4.83 Å². The predicted molar refractivity (Wildman–Crippen MR) is 133 cm³/mol. The van der Waals surface area contributed by atoms with E-state index in [-0.39, 0.29) is 17.1 Å². The summed E-state index contributed by atoms with van der Waals surface area (Å²) in [5.74, 6) is 0.288. The van der Waals surface area contributed by atoms with Crippen LogP contribution in [0.3, 0.4) is 0 Å². The lowest BCUT2D eigenvalue weighted by Gasteiger charge is -2.13. The molecule has 0 amide bonds. The molecule has 0 N–H and O–H groups in total. The number of aromatic nitrogens is 2. The number of thiophene rings is 1. The number of hydrogen-bond donors (Lipinski definition) is 0. The summed E-state index contributed by atoms with van der Waals surface area (Å²) in [6.07, 6.45) is 4.25. The SMILES string of the molecule is Cc1ccc(C)c(C(=O)CSc2nc3sc4c(c3c(=O)n2-c2ccccc2)CCCC4)c1. The fraction of sp³-hybridized carbons (Fsp3) is 0.269. The number of fused-ring (bicyclic) bond motifs is 3. The normalized spacial score (nSPS) is 13.3. The van der Waals surface area contributed by atoms with Crippen LogP contribution < -0.4 is 5.56 Å². The monoisotopic (exact) mass is 460 g/mol. The van der Waals surface area contributed by atoms with Crippen molar-refractivity contribution in [1.82, 2.24) is 9.55 Å². The first-order valence-electron chi connectivity index (χ1n) is 10.9. The summed E-state index contributed by atoms with van der Waals surface area (Å²) in [6, 6.07) is 15.5. The molecule has 32 heavy (non-hydrogen) atoms. The van der Waals surface area contributed by atoms with E-state index in [1.54, 1.807) is 15.9 Å². The molecule has 1 aliphatic carbocycles. The minimum Gasteiger partial charge on any atom is -0.293 e. The molecule has 2 heterocycles. The average molecular weight is 461 g/mol. The molecule has 4 aromatic rings. The second kappa shape index (κ2) is 8.68. The maximum atomic E-state index is 13.7. The zero-order valence-electron chi connectivity index (χ0n) is 18.2. The molecular weight excluding hydrogens is 436 g/mol. The first-order chi connectivity index (χ1) is 15.5. The molecule has 0 fully saturated rings.